The molecule has 2 nitrogen and oxygen atoms in total. The van der Waals surface area contributed by atoms with Gasteiger partial charge in [-0.2, -0.15) is 0 Å². The Bertz CT molecular complexity index is 427. The van der Waals surface area contributed by atoms with Crippen molar-refractivity contribution in [3.8, 4) is 0 Å². The Morgan fingerprint density at radius 2 is 2.10 bits per heavy atom. The molecule has 2 atom stereocenters. The van der Waals surface area contributed by atoms with Crippen molar-refractivity contribution in [3.05, 3.63) is 36.0 Å². The maximum atomic E-state index is 11.2. The molecular formula is C18H28O2. The highest BCUT2D eigenvalue weighted by atomic mass is 16.3. The maximum Gasteiger partial charge on any atom is 0.152 e. The van der Waals surface area contributed by atoms with E-state index in [1.165, 1.54) is 5.57 Å². The van der Waals surface area contributed by atoms with Crippen LogP contribution in [0.3, 0.4) is 0 Å². The van der Waals surface area contributed by atoms with Crippen molar-refractivity contribution in [1.29, 1.82) is 0 Å². The molecule has 1 saturated carbocycles. The zero-order valence-corrected chi connectivity index (χ0v) is 13.3. The fraction of sp³-hybridized carbons (Fsp3) is 0.611. The molecule has 0 radical (unpaired) electrons. The van der Waals surface area contributed by atoms with E-state index in [1.54, 1.807) is 13.0 Å². The summed E-state index contributed by atoms with van der Waals surface area (Å²) in [5.41, 5.74) is 2.35. The van der Waals surface area contributed by atoms with Crippen LogP contribution in [-0.2, 0) is 4.79 Å². The summed E-state index contributed by atoms with van der Waals surface area (Å²) in [6.07, 6.45) is 8.98. The van der Waals surface area contributed by atoms with Gasteiger partial charge in [0.05, 0.1) is 6.61 Å². The van der Waals surface area contributed by atoms with Crippen molar-refractivity contribution >= 4 is 5.78 Å². The van der Waals surface area contributed by atoms with Crippen LogP contribution in [0.25, 0.3) is 0 Å². The highest BCUT2D eigenvalue weighted by Crippen LogP contribution is 2.49. The van der Waals surface area contributed by atoms with Crippen LogP contribution < -0.4 is 0 Å². The summed E-state index contributed by atoms with van der Waals surface area (Å²) in [4.78, 5) is 11.2. The van der Waals surface area contributed by atoms with Crippen molar-refractivity contribution in [1.82, 2.24) is 0 Å². The Kier molecular flexibility index (Phi) is 5.94. The van der Waals surface area contributed by atoms with Gasteiger partial charge in [0, 0.05) is 5.92 Å². The van der Waals surface area contributed by atoms with Crippen LogP contribution in [0, 0.1) is 17.3 Å². The van der Waals surface area contributed by atoms with Crippen molar-refractivity contribution in [2.45, 2.75) is 47.0 Å². The molecule has 0 aliphatic heterocycles. The Morgan fingerprint density at radius 3 is 2.65 bits per heavy atom. The lowest BCUT2D eigenvalue weighted by molar-refractivity contribution is -0.112. The van der Waals surface area contributed by atoms with Crippen molar-refractivity contribution in [2.24, 2.45) is 17.3 Å². The first kappa shape index (κ1) is 16.9. The van der Waals surface area contributed by atoms with Crippen molar-refractivity contribution in [3.63, 3.8) is 0 Å². The van der Waals surface area contributed by atoms with Crippen molar-refractivity contribution in [2.75, 3.05) is 6.61 Å². The molecule has 0 spiro atoms. The van der Waals surface area contributed by atoms with Gasteiger partial charge in [0.15, 0.2) is 5.78 Å². The predicted octanol–water partition coefficient (Wildman–Crippen LogP) is 4.07. The summed E-state index contributed by atoms with van der Waals surface area (Å²) in [7, 11) is 0. The number of carbonyl (C=O) groups excluding carboxylic acids is 1. The maximum absolute atomic E-state index is 11.2. The first-order valence-corrected chi connectivity index (χ1v) is 7.42. The molecule has 0 bridgehead atoms. The molecule has 0 aromatic heterocycles. The molecule has 0 amide bonds. The van der Waals surface area contributed by atoms with E-state index in [-0.39, 0.29) is 23.7 Å². The number of carbonyl (C=O) groups is 1. The summed E-state index contributed by atoms with van der Waals surface area (Å²) in [6, 6.07) is 0. The average molecular weight is 276 g/mol. The number of hydrogen-bond donors (Lipinski definition) is 1. The van der Waals surface area contributed by atoms with Crippen LogP contribution >= 0.6 is 0 Å². The van der Waals surface area contributed by atoms with Crippen LogP contribution in [0.15, 0.2) is 36.0 Å². The summed E-state index contributed by atoms with van der Waals surface area (Å²) in [5.74, 6) is 0.899. The topological polar surface area (TPSA) is 37.3 Å². The van der Waals surface area contributed by atoms with E-state index in [0.717, 1.165) is 24.8 Å². The number of ketones is 1. The fourth-order valence-electron chi connectivity index (χ4n) is 3.11. The highest BCUT2D eigenvalue weighted by Gasteiger charge is 2.40. The van der Waals surface area contributed by atoms with Gasteiger partial charge in [0.2, 0.25) is 0 Å². The number of aliphatic hydroxyl groups is 1. The molecule has 0 aromatic rings. The zero-order valence-electron chi connectivity index (χ0n) is 13.3. The largest absolute Gasteiger partial charge is 0.392 e. The monoisotopic (exact) mass is 276 g/mol. The summed E-state index contributed by atoms with van der Waals surface area (Å²) in [5, 5.41) is 9.10. The zero-order chi connectivity index (χ0) is 15.3. The second kappa shape index (κ2) is 7.03. The fourth-order valence-corrected chi connectivity index (χ4v) is 3.11. The van der Waals surface area contributed by atoms with E-state index in [2.05, 4.69) is 26.5 Å². The second-order valence-electron chi connectivity index (χ2n) is 6.61. The third-order valence-corrected chi connectivity index (χ3v) is 4.63. The van der Waals surface area contributed by atoms with Gasteiger partial charge in [0.1, 0.15) is 0 Å². The number of aliphatic hydroxyl groups excluding tert-OH is 1. The van der Waals surface area contributed by atoms with Crippen LogP contribution in [0.4, 0.5) is 0 Å². The first-order chi connectivity index (χ1) is 9.28. The minimum absolute atomic E-state index is 0.0896. The van der Waals surface area contributed by atoms with Crippen molar-refractivity contribution < 1.29 is 9.90 Å². The molecule has 0 aromatic carbocycles. The standard InChI is InChI=1S/C18H28O2/c1-13(12-19)6-9-16-10-7-14(2)17(18(16,4)5)11-8-15(3)20/h6,8,11,16-17,19H,2,7,9-10,12H2,1,3-5H3/b11-8+,13-6+/t16-,17-/m0/s1. The minimum atomic E-state index is 0.0896. The van der Waals surface area contributed by atoms with Gasteiger partial charge in [-0.3, -0.25) is 4.79 Å². The second-order valence-corrected chi connectivity index (χ2v) is 6.61. The van der Waals surface area contributed by atoms with Gasteiger partial charge >= 0.3 is 0 Å². The lowest BCUT2D eigenvalue weighted by Gasteiger charge is -2.45. The van der Waals surface area contributed by atoms with E-state index in [0.29, 0.717) is 5.92 Å². The summed E-state index contributed by atoms with van der Waals surface area (Å²) >= 11 is 0. The normalized spacial score (nSPS) is 27.1. The number of allylic oxidation sites excluding steroid dienone is 4. The molecule has 0 unspecified atom stereocenters. The molecule has 1 N–H and O–H groups in total. The molecule has 2 heteroatoms. The molecule has 1 aliphatic rings. The smallest absolute Gasteiger partial charge is 0.152 e. The molecule has 1 rings (SSSR count). The minimum Gasteiger partial charge on any atom is -0.392 e. The van der Waals surface area contributed by atoms with E-state index in [4.69, 9.17) is 5.11 Å². The van der Waals surface area contributed by atoms with E-state index >= 15 is 0 Å². The lowest BCUT2D eigenvalue weighted by atomic mass is 9.59. The Balaban J connectivity index is 2.90. The van der Waals surface area contributed by atoms with E-state index < -0.39 is 0 Å². The van der Waals surface area contributed by atoms with Gasteiger partial charge in [-0.1, -0.05) is 43.7 Å². The molecule has 1 fully saturated rings. The Hall–Kier alpha value is -1.15. The Labute approximate surface area is 123 Å². The molecule has 112 valence electrons. The average Bonchev–Trinajstić information content (AvgIpc) is 2.36. The summed E-state index contributed by atoms with van der Waals surface area (Å²) < 4.78 is 0. The van der Waals surface area contributed by atoms with Gasteiger partial charge in [-0.25, -0.2) is 0 Å². The highest BCUT2D eigenvalue weighted by molar-refractivity contribution is 5.87. The van der Waals surface area contributed by atoms with Crippen LogP contribution in [0.2, 0.25) is 0 Å². The van der Waals surface area contributed by atoms with Gasteiger partial charge in [-0.15, -0.1) is 0 Å². The van der Waals surface area contributed by atoms with E-state index in [9.17, 15) is 4.79 Å². The predicted molar refractivity (Wildman–Crippen MR) is 84.4 cm³/mol. The molecule has 20 heavy (non-hydrogen) atoms. The molecular weight excluding hydrogens is 248 g/mol. The van der Waals surface area contributed by atoms with Gasteiger partial charge < -0.3 is 5.11 Å². The number of rotatable bonds is 5. The SMILES string of the molecule is C=C1CC[C@H](C/C=C(\C)CO)C(C)(C)[C@H]1/C=C/C(C)=O. The van der Waals surface area contributed by atoms with Crippen LogP contribution in [-0.4, -0.2) is 17.5 Å². The Morgan fingerprint density at radius 1 is 1.45 bits per heavy atom. The van der Waals surface area contributed by atoms with E-state index in [1.807, 2.05) is 13.0 Å². The van der Waals surface area contributed by atoms with Gasteiger partial charge in [-0.05, 0) is 50.5 Å². The quantitative estimate of drug-likeness (QED) is 0.607. The van der Waals surface area contributed by atoms with Gasteiger partial charge in [0.25, 0.3) is 0 Å². The summed E-state index contributed by atoms with van der Waals surface area (Å²) in [6.45, 7) is 12.4. The molecule has 1 aliphatic carbocycles. The number of hydrogen-bond acceptors (Lipinski definition) is 2. The lowest BCUT2D eigenvalue weighted by Crippen LogP contribution is -2.36. The molecule has 0 saturated heterocycles. The van der Waals surface area contributed by atoms with Crippen LogP contribution in [0.1, 0.15) is 47.0 Å². The molecule has 0 heterocycles. The third-order valence-electron chi connectivity index (χ3n) is 4.63. The third kappa shape index (κ3) is 4.17. The first-order valence-electron chi connectivity index (χ1n) is 7.42. The van der Waals surface area contributed by atoms with Crippen LogP contribution in [0.5, 0.6) is 0 Å².